The molecule has 1 fully saturated rings. The predicted octanol–water partition coefficient (Wildman–Crippen LogP) is 4.12. The largest absolute Gasteiger partial charge is 0.481 e. The zero-order chi connectivity index (χ0) is 24.6. The van der Waals surface area contributed by atoms with Crippen LogP contribution in [0.15, 0.2) is 48.5 Å². The third kappa shape index (κ3) is 4.39. The van der Waals surface area contributed by atoms with Gasteiger partial charge in [0.15, 0.2) is 0 Å². The lowest BCUT2D eigenvalue weighted by Gasteiger charge is -2.27. The number of ether oxygens (including phenoxy) is 1. The van der Waals surface area contributed by atoms with Gasteiger partial charge in [0.05, 0.1) is 5.92 Å². The second kappa shape index (κ2) is 9.12. The van der Waals surface area contributed by atoms with Gasteiger partial charge in [-0.1, -0.05) is 76.2 Å². The van der Waals surface area contributed by atoms with Gasteiger partial charge in [-0.05, 0) is 33.6 Å². The lowest BCUT2D eigenvalue weighted by molar-refractivity contribution is -0.144. The van der Waals surface area contributed by atoms with Crippen LogP contribution < -0.4 is 5.32 Å². The first-order valence-corrected chi connectivity index (χ1v) is 11.7. The molecule has 0 radical (unpaired) electrons. The van der Waals surface area contributed by atoms with Crippen molar-refractivity contribution < 1.29 is 24.2 Å². The van der Waals surface area contributed by atoms with Crippen LogP contribution in [-0.2, 0) is 14.3 Å². The number of hydrogen-bond acceptors (Lipinski definition) is 4. The molecule has 1 saturated heterocycles. The normalized spacial score (nSPS) is 19.4. The zero-order valence-electron chi connectivity index (χ0n) is 20.1. The molecule has 34 heavy (non-hydrogen) atoms. The van der Waals surface area contributed by atoms with Gasteiger partial charge in [0.25, 0.3) is 0 Å². The van der Waals surface area contributed by atoms with Gasteiger partial charge in [-0.15, -0.1) is 0 Å². The Morgan fingerprint density at radius 3 is 2.12 bits per heavy atom. The number of fused-ring (bicyclic) bond motifs is 3. The minimum atomic E-state index is -0.911. The van der Waals surface area contributed by atoms with Gasteiger partial charge >= 0.3 is 12.1 Å². The number of carboxylic acids is 1. The molecule has 0 bridgehead atoms. The molecule has 2 amide bonds. The number of carboxylic acid groups (broad SMARTS) is 1. The van der Waals surface area contributed by atoms with Crippen molar-refractivity contribution in [2.75, 3.05) is 19.7 Å². The molecule has 1 heterocycles. The van der Waals surface area contributed by atoms with E-state index in [1.807, 2.05) is 52.0 Å². The Morgan fingerprint density at radius 1 is 1.06 bits per heavy atom. The van der Waals surface area contributed by atoms with Crippen molar-refractivity contribution in [3.8, 4) is 11.1 Å². The first-order valence-electron chi connectivity index (χ1n) is 11.7. The maximum atomic E-state index is 13.2. The number of carbonyl (C=O) groups is 3. The predicted molar refractivity (Wildman–Crippen MR) is 128 cm³/mol. The van der Waals surface area contributed by atoms with Crippen LogP contribution in [0.25, 0.3) is 11.1 Å². The highest BCUT2D eigenvalue weighted by Crippen LogP contribution is 2.44. The van der Waals surface area contributed by atoms with Crippen molar-refractivity contribution in [2.45, 2.75) is 39.7 Å². The van der Waals surface area contributed by atoms with E-state index in [1.165, 1.54) is 0 Å². The summed E-state index contributed by atoms with van der Waals surface area (Å²) < 4.78 is 5.62. The molecule has 1 unspecified atom stereocenters. The Hall–Kier alpha value is -3.35. The highest BCUT2D eigenvalue weighted by atomic mass is 16.5. The summed E-state index contributed by atoms with van der Waals surface area (Å²) in [6, 6.07) is 15.4. The van der Waals surface area contributed by atoms with Crippen LogP contribution in [0.3, 0.4) is 0 Å². The smallest absolute Gasteiger partial charge is 0.407 e. The molecule has 1 aliphatic heterocycles. The molecule has 2 N–H and O–H groups in total. The minimum Gasteiger partial charge on any atom is -0.481 e. The molecular formula is C27H32N2O5. The Morgan fingerprint density at radius 2 is 1.62 bits per heavy atom. The fourth-order valence-corrected chi connectivity index (χ4v) is 5.19. The van der Waals surface area contributed by atoms with Crippen LogP contribution in [0.2, 0.25) is 0 Å². The van der Waals surface area contributed by atoms with E-state index in [1.54, 1.807) is 4.90 Å². The van der Waals surface area contributed by atoms with E-state index in [4.69, 9.17) is 4.74 Å². The van der Waals surface area contributed by atoms with Crippen LogP contribution in [0, 0.1) is 17.3 Å². The Bertz CT molecular complexity index is 1060. The number of nitrogens with one attached hydrogen (secondary N) is 1. The lowest BCUT2D eigenvalue weighted by Crippen LogP contribution is -2.51. The summed E-state index contributed by atoms with van der Waals surface area (Å²) in [6.07, 6.45) is -0.651. The van der Waals surface area contributed by atoms with E-state index < -0.39 is 29.4 Å². The number of alkyl carbamates (subject to hydrolysis) is 1. The topological polar surface area (TPSA) is 95.9 Å². The van der Waals surface area contributed by atoms with Crippen LogP contribution in [-0.4, -0.2) is 53.7 Å². The average Bonchev–Trinajstić information content (AvgIpc) is 3.29. The highest BCUT2D eigenvalue weighted by molar-refractivity contribution is 5.87. The zero-order valence-corrected chi connectivity index (χ0v) is 20.1. The number of aliphatic carboxylic acids is 1. The molecule has 2 aromatic rings. The van der Waals surface area contributed by atoms with Crippen molar-refractivity contribution >= 4 is 18.0 Å². The summed E-state index contributed by atoms with van der Waals surface area (Å²) in [5.74, 6) is -2.08. The van der Waals surface area contributed by atoms with Crippen molar-refractivity contribution in [3.05, 3.63) is 59.7 Å². The Balaban J connectivity index is 1.43. The number of likely N-dealkylation sites (tertiary alicyclic amines) is 1. The Kier molecular flexibility index (Phi) is 6.39. The number of hydrogen-bond donors (Lipinski definition) is 2. The SMILES string of the molecule is CC(C)[C@@H](NC(=O)OCC1c2ccccc2-c2ccccc21)C(=O)N1CC(C(=O)O)C(C)(C)C1. The molecular weight excluding hydrogens is 432 g/mol. The van der Waals surface area contributed by atoms with Gasteiger partial charge in [0, 0.05) is 19.0 Å². The highest BCUT2D eigenvalue weighted by Gasteiger charge is 2.47. The van der Waals surface area contributed by atoms with Crippen molar-refractivity contribution in [2.24, 2.45) is 17.3 Å². The van der Waals surface area contributed by atoms with Gasteiger partial charge in [0.1, 0.15) is 12.6 Å². The summed E-state index contributed by atoms with van der Waals surface area (Å²) in [7, 11) is 0. The number of nitrogens with zero attached hydrogens (tertiary/aromatic N) is 1. The monoisotopic (exact) mass is 464 g/mol. The van der Waals surface area contributed by atoms with Crippen molar-refractivity contribution in [3.63, 3.8) is 0 Å². The van der Waals surface area contributed by atoms with E-state index >= 15 is 0 Å². The molecule has 7 nitrogen and oxygen atoms in total. The Labute approximate surface area is 200 Å². The molecule has 2 atom stereocenters. The van der Waals surface area contributed by atoms with E-state index in [0.717, 1.165) is 22.3 Å². The maximum Gasteiger partial charge on any atom is 0.407 e. The van der Waals surface area contributed by atoms with Gasteiger partial charge in [-0.2, -0.15) is 0 Å². The third-order valence-electron chi connectivity index (χ3n) is 7.10. The molecule has 7 heteroatoms. The first kappa shape index (κ1) is 23.8. The van der Waals surface area contributed by atoms with E-state index in [-0.39, 0.29) is 30.9 Å². The standard InChI is InChI=1S/C27H32N2O5/c1-16(2)23(24(30)29-13-22(25(31)32)27(3,4)15-29)28-26(33)34-14-21-19-11-7-5-9-17(19)18-10-6-8-12-20(18)21/h5-12,16,21-23H,13-15H2,1-4H3,(H,28,33)(H,31,32)/t22?,23-/m1/s1. The lowest BCUT2D eigenvalue weighted by atomic mass is 9.82. The third-order valence-corrected chi connectivity index (χ3v) is 7.10. The average molecular weight is 465 g/mol. The van der Waals surface area contributed by atoms with Gasteiger partial charge in [0.2, 0.25) is 5.91 Å². The van der Waals surface area contributed by atoms with Crippen LogP contribution in [0.1, 0.15) is 44.7 Å². The van der Waals surface area contributed by atoms with Crippen LogP contribution in [0.4, 0.5) is 4.79 Å². The van der Waals surface area contributed by atoms with Gasteiger partial charge < -0.3 is 20.1 Å². The van der Waals surface area contributed by atoms with E-state index in [9.17, 15) is 19.5 Å². The molecule has 0 spiro atoms. The number of benzene rings is 2. The summed E-state index contributed by atoms with van der Waals surface area (Å²) in [5.41, 5.74) is 3.99. The molecule has 1 aliphatic carbocycles. The second-order valence-electron chi connectivity index (χ2n) is 10.3. The van der Waals surface area contributed by atoms with Crippen LogP contribution >= 0.6 is 0 Å². The minimum absolute atomic E-state index is 0.0675. The molecule has 2 aliphatic rings. The van der Waals surface area contributed by atoms with Gasteiger partial charge in [-0.25, -0.2) is 4.79 Å². The maximum absolute atomic E-state index is 13.2. The molecule has 4 rings (SSSR count). The summed E-state index contributed by atoms with van der Waals surface area (Å²) in [4.78, 5) is 39.2. The van der Waals surface area contributed by atoms with E-state index in [2.05, 4.69) is 29.6 Å². The fraction of sp³-hybridized carbons (Fsp3) is 0.444. The molecule has 180 valence electrons. The quantitative estimate of drug-likeness (QED) is 0.671. The molecule has 2 aromatic carbocycles. The summed E-state index contributed by atoms with van der Waals surface area (Å²) in [6.45, 7) is 8.03. The number of carbonyl (C=O) groups excluding carboxylic acids is 2. The summed E-state index contributed by atoms with van der Waals surface area (Å²) >= 11 is 0. The molecule has 0 aromatic heterocycles. The summed E-state index contributed by atoms with van der Waals surface area (Å²) in [5, 5.41) is 12.3. The fourth-order valence-electron chi connectivity index (χ4n) is 5.19. The van der Waals surface area contributed by atoms with E-state index in [0.29, 0.717) is 6.54 Å². The number of rotatable bonds is 6. The van der Waals surface area contributed by atoms with Crippen LogP contribution in [0.5, 0.6) is 0 Å². The van der Waals surface area contributed by atoms with Gasteiger partial charge in [-0.3, -0.25) is 9.59 Å². The second-order valence-corrected chi connectivity index (χ2v) is 10.3. The number of amides is 2. The first-order chi connectivity index (χ1) is 16.1. The van der Waals surface area contributed by atoms with Crippen molar-refractivity contribution in [1.82, 2.24) is 10.2 Å². The van der Waals surface area contributed by atoms with Crippen molar-refractivity contribution in [1.29, 1.82) is 0 Å². The molecule has 0 saturated carbocycles.